The normalized spacial score (nSPS) is 55.3. The Balaban J connectivity index is 1.44. The Kier molecular flexibility index (Phi) is 5.42. The van der Waals surface area contributed by atoms with Gasteiger partial charge in [0.2, 0.25) is 0 Å². The highest BCUT2D eigenvalue weighted by molar-refractivity contribution is 5.90. The number of cyclic esters (lactones) is 1. The Morgan fingerprint density at radius 2 is 1.79 bits per heavy atom. The molecule has 1 saturated heterocycles. The zero-order chi connectivity index (χ0) is 27.8. The number of epoxide rings is 1. The van der Waals surface area contributed by atoms with Gasteiger partial charge >= 0.3 is 5.97 Å². The molecule has 4 N–H and O–H groups in total. The van der Waals surface area contributed by atoms with Crippen LogP contribution in [-0.4, -0.2) is 86.1 Å². The molecule has 0 bridgehead atoms. The van der Waals surface area contributed by atoms with Gasteiger partial charge < -0.3 is 34.6 Å². The molecule has 9 heteroatoms. The summed E-state index contributed by atoms with van der Waals surface area (Å²) in [5.74, 6) is -1.22. The molecule has 5 fully saturated rings. The molecule has 0 radical (unpaired) electrons. The van der Waals surface area contributed by atoms with Crippen molar-refractivity contribution in [1.29, 1.82) is 0 Å². The van der Waals surface area contributed by atoms with Crippen molar-refractivity contribution in [3.8, 4) is 0 Å². The summed E-state index contributed by atoms with van der Waals surface area (Å²) >= 11 is 0. The van der Waals surface area contributed by atoms with E-state index in [2.05, 4.69) is 0 Å². The van der Waals surface area contributed by atoms with Crippen LogP contribution in [0.5, 0.6) is 0 Å². The van der Waals surface area contributed by atoms with Crippen molar-refractivity contribution in [2.45, 2.75) is 126 Å². The van der Waals surface area contributed by atoms with Crippen LogP contribution in [0.15, 0.2) is 11.1 Å². The highest BCUT2D eigenvalue weighted by Gasteiger charge is 2.86. The predicted molar refractivity (Wildman–Crippen MR) is 134 cm³/mol. The van der Waals surface area contributed by atoms with E-state index < -0.39 is 63.4 Å². The van der Waals surface area contributed by atoms with Gasteiger partial charge in [-0.05, 0) is 65.2 Å². The number of fused-ring (bicyclic) bond motifs is 4. The summed E-state index contributed by atoms with van der Waals surface area (Å²) in [6.07, 6.45) is -0.862. The number of rotatable bonds is 3. The summed E-state index contributed by atoms with van der Waals surface area (Å²) in [6, 6.07) is 0. The fourth-order valence-electron chi connectivity index (χ4n) is 10.1. The fourth-order valence-corrected chi connectivity index (χ4v) is 10.1. The predicted octanol–water partition coefficient (Wildman–Crippen LogP) is 1.57. The number of aliphatic hydroxyl groups excluding tert-OH is 1. The molecule has 9 nitrogen and oxygen atoms in total. The van der Waals surface area contributed by atoms with Crippen molar-refractivity contribution in [2.75, 3.05) is 7.11 Å². The molecule has 0 aromatic rings. The summed E-state index contributed by atoms with van der Waals surface area (Å²) in [7, 11) is 1.49. The molecule has 0 aromatic heterocycles. The molecule has 1 spiro atoms. The number of carbonyl (C=O) groups excluding carboxylic acids is 2. The highest BCUT2D eigenvalue weighted by atomic mass is 16.6. The topological polar surface area (TPSA) is 146 Å². The van der Waals surface area contributed by atoms with Gasteiger partial charge in [-0.15, -0.1) is 0 Å². The lowest BCUT2D eigenvalue weighted by Gasteiger charge is -2.64. The van der Waals surface area contributed by atoms with Crippen LogP contribution in [-0.2, 0) is 23.8 Å². The van der Waals surface area contributed by atoms with Gasteiger partial charge in [0.05, 0.1) is 23.7 Å². The quantitative estimate of drug-likeness (QED) is 0.313. The minimum absolute atomic E-state index is 0.0492. The van der Waals surface area contributed by atoms with Gasteiger partial charge in [-0.1, -0.05) is 12.5 Å². The van der Waals surface area contributed by atoms with Crippen molar-refractivity contribution >= 4 is 11.8 Å². The second kappa shape index (κ2) is 7.68. The number of aliphatic hydroxyl groups is 4. The molecule has 38 heavy (non-hydrogen) atoms. The molecule has 1 unspecified atom stereocenters. The molecule has 4 saturated carbocycles. The molecule has 212 valence electrons. The zero-order valence-electron chi connectivity index (χ0n) is 23.2. The third kappa shape index (κ3) is 2.65. The van der Waals surface area contributed by atoms with Gasteiger partial charge in [-0.25, -0.2) is 4.79 Å². The number of hydrogen-bond donors (Lipinski definition) is 4. The van der Waals surface area contributed by atoms with Crippen LogP contribution in [0, 0.1) is 22.7 Å². The van der Waals surface area contributed by atoms with Crippen molar-refractivity contribution in [2.24, 2.45) is 22.7 Å². The number of Topliss-reactive ketones (excluding diaryl/α,β-unsaturated/α-hetero) is 1. The maximum atomic E-state index is 13.5. The molecule has 2 heterocycles. The van der Waals surface area contributed by atoms with Crippen molar-refractivity contribution in [3.05, 3.63) is 11.1 Å². The van der Waals surface area contributed by atoms with E-state index in [4.69, 9.17) is 14.2 Å². The summed E-state index contributed by atoms with van der Waals surface area (Å²) < 4.78 is 17.7. The number of ketones is 1. The van der Waals surface area contributed by atoms with E-state index in [1.165, 1.54) is 14.0 Å². The van der Waals surface area contributed by atoms with Crippen molar-refractivity contribution in [3.63, 3.8) is 0 Å². The number of methoxy groups -OCH3 is 1. The molecule has 12 atom stereocenters. The van der Waals surface area contributed by atoms with Gasteiger partial charge in [0.1, 0.15) is 34.3 Å². The minimum Gasteiger partial charge on any atom is -0.455 e. The molecule has 6 rings (SSSR count). The van der Waals surface area contributed by atoms with E-state index in [-0.39, 0.29) is 37.1 Å². The van der Waals surface area contributed by atoms with Gasteiger partial charge in [0.25, 0.3) is 0 Å². The second-order valence-electron chi connectivity index (χ2n) is 13.7. The number of esters is 1. The summed E-state index contributed by atoms with van der Waals surface area (Å²) in [5.41, 5.74) is -7.22. The van der Waals surface area contributed by atoms with Gasteiger partial charge in [-0.2, -0.15) is 0 Å². The monoisotopic (exact) mass is 534 g/mol. The van der Waals surface area contributed by atoms with E-state index in [1.54, 1.807) is 13.8 Å². The lowest BCUT2D eigenvalue weighted by Crippen LogP contribution is -2.74. The Hall–Kier alpha value is -1.36. The Morgan fingerprint density at radius 1 is 1.11 bits per heavy atom. The first-order valence-corrected chi connectivity index (χ1v) is 14.0. The van der Waals surface area contributed by atoms with Gasteiger partial charge in [0.15, 0.2) is 0 Å². The first kappa shape index (κ1) is 26.8. The maximum absolute atomic E-state index is 13.5. The number of carbonyl (C=O) groups is 2. The van der Waals surface area contributed by atoms with E-state index in [0.29, 0.717) is 31.3 Å². The summed E-state index contributed by atoms with van der Waals surface area (Å²) in [5, 5.41) is 48.5. The Bertz CT molecular complexity index is 1130. The average molecular weight is 535 g/mol. The molecular formula is C29H42O9. The van der Waals surface area contributed by atoms with E-state index >= 15 is 0 Å². The van der Waals surface area contributed by atoms with Crippen LogP contribution < -0.4 is 0 Å². The van der Waals surface area contributed by atoms with Gasteiger partial charge in [-0.3, -0.25) is 4.79 Å². The first-order valence-electron chi connectivity index (χ1n) is 14.0. The Morgan fingerprint density at radius 3 is 2.42 bits per heavy atom. The molecule has 6 aliphatic rings. The van der Waals surface area contributed by atoms with Crippen LogP contribution in [0.1, 0.15) is 79.6 Å². The number of ether oxygens (including phenoxy) is 3. The van der Waals surface area contributed by atoms with E-state index in [0.717, 1.165) is 5.57 Å². The first-order chi connectivity index (χ1) is 17.6. The average Bonchev–Trinajstić information content (AvgIpc) is 3.57. The third-order valence-corrected chi connectivity index (χ3v) is 12.7. The standard InChI is InChI=1S/C29H42O9/c1-14-11-20(37-23(32)15(14)2)26(5,33)27(34)13-22(36-6)28(35)17-12-21-29(38-21)19(31)8-7-18(30)25(29,4)16(17)9-10-24(27,28)3/h16-17,19-22,31,33-35H,7-13H2,1-6H3/t16-,17+,19-,20?,21+,22-,24+,25-,26-,27-,28-,29+/m0/s1. The molecule has 2 aliphatic heterocycles. The minimum atomic E-state index is -1.90. The van der Waals surface area contributed by atoms with Crippen molar-refractivity contribution < 1.29 is 44.2 Å². The SMILES string of the molecule is CO[C@H]1C[C@@](O)([C@@](C)(O)C2CC(C)=C(C)C(=O)O2)[C@@]2(C)CC[C@H]3[C@@H](C[C@H]4O[C@]45[C@@H](O)CCC(=O)[C@]35C)[C@]12O. The van der Waals surface area contributed by atoms with E-state index in [1.807, 2.05) is 13.8 Å². The maximum Gasteiger partial charge on any atom is 0.334 e. The lowest BCUT2D eigenvalue weighted by molar-refractivity contribution is -0.289. The van der Waals surface area contributed by atoms with Crippen LogP contribution >= 0.6 is 0 Å². The van der Waals surface area contributed by atoms with E-state index in [9.17, 15) is 30.0 Å². The van der Waals surface area contributed by atoms with Crippen LogP contribution in [0.4, 0.5) is 0 Å². The molecule has 0 aromatic carbocycles. The lowest BCUT2D eigenvalue weighted by atomic mass is 9.41. The molecule has 4 aliphatic carbocycles. The largest absolute Gasteiger partial charge is 0.455 e. The Labute approximate surface area is 223 Å². The van der Waals surface area contributed by atoms with Crippen LogP contribution in [0.3, 0.4) is 0 Å². The fraction of sp³-hybridized carbons (Fsp3) is 0.862. The van der Waals surface area contributed by atoms with Crippen molar-refractivity contribution in [1.82, 2.24) is 0 Å². The van der Waals surface area contributed by atoms with Crippen LogP contribution in [0.2, 0.25) is 0 Å². The van der Waals surface area contributed by atoms with Crippen LogP contribution in [0.25, 0.3) is 0 Å². The third-order valence-electron chi connectivity index (χ3n) is 12.7. The summed E-state index contributed by atoms with van der Waals surface area (Å²) in [6.45, 7) is 8.68. The number of hydrogen-bond acceptors (Lipinski definition) is 9. The zero-order valence-corrected chi connectivity index (χ0v) is 23.2. The van der Waals surface area contributed by atoms with Gasteiger partial charge in [0, 0.05) is 37.4 Å². The highest BCUT2D eigenvalue weighted by Crippen LogP contribution is 2.75. The molecule has 0 amide bonds. The summed E-state index contributed by atoms with van der Waals surface area (Å²) in [4.78, 5) is 26.1. The molecular weight excluding hydrogens is 492 g/mol. The second-order valence-corrected chi connectivity index (χ2v) is 13.7. The smallest absolute Gasteiger partial charge is 0.334 e.